The predicted molar refractivity (Wildman–Crippen MR) is 66.3 cm³/mol. The maximum absolute atomic E-state index is 13.5. The Kier molecular flexibility index (Phi) is 3.58. The molecule has 5 heteroatoms. The first-order chi connectivity index (χ1) is 8.19. The number of aryl methyl sites for hydroxylation is 1. The molecule has 0 atom stereocenters. The number of benzene rings is 1. The van der Waals surface area contributed by atoms with Crippen LogP contribution < -0.4 is 5.73 Å². The smallest absolute Gasteiger partial charge is 0.137 e. The summed E-state index contributed by atoms with van der Waals surface area (Å²) in [6.07, 6.45) is 0.704. The van der Waals surface area contributed by atoms with Crippen molar-refractivity contribution in [3.05, 3.63) is 42.0 Å². The Balaban J connectivity index is 2.30. The molecule has 1 aromatic carbocycles. The highest BCUT2D eigenvalue weighted by Crippen LogP contribution is 2.28. The van der Waals surface area contributed by atoms with Crippen molar-refractivity contribution in [3.63, 3.8) is 0 Å². The standard InChI is InChI=1S/C12H12FN3S/c1-2-11-15-10(14)7-12(16-11)17-9-6-4-3-5-8(9)13/h3-7H,2H2,1H3,(H2,14,15,16). The highest BCUT2D eigenvalue weighted by Gasteiger charge is 2.06. The zero-order chi connectivity index (χ0) is 12.3. The molecule has 2 N–H and O–H groups in total. The van der Waals surface area contributed by atoms with Crippen LogP contribution in [0.4, 0.5) is 10.2 Å². The Labute approximate surface area is 103 Å². The molecule has 0 aliphatic heterocycles. The van der Waals surface area contributed by atoms with Crippen LogP contribution in [0.15, 0.2) is 40.3 Å². The summed E-state index contributed by atoms with van der Waals surface area (Å²) in [6.45, 7) is 1.95. The van der Waals surface area contributed by atoms with E-state index < -0.39 is 0 Å². The summed E-state index contributed by atoms with van der Waals surface area (Å²) in [6, 6.07) is 8.23. The van der Waals surface area contributed by atoms with Gasteiger partial charge in [0.15, 0.2) is 0 Å². The maximum atomic E-state index is 13.5. The Hall–Kier alpha value is -1.62. The summed E-state index contributed by atoms with van der Waals surface area (Å²) in [7, 11) is 0. The minimum atomic E-state index is -0.257. The first-order valence-corrected chi connectivity index (χ1v) is 6.06. The second-order valence-electron chi connectivity index (χ2n) is 3.43. The summed E-state index contributed by atoms with van der Waals surface area (Å²) >= 11 is 1.25. The molecule has 17 heavy (non-hydrogen) atoms. The molecular formula is C12H12FN3S. The molecule has 1 heterocycles. The summed E-state index contributed by atoms with van der Waals surface area (Å²) in [5, 5.41) is 0.666. The summed E-state index contributed by atoms with van der Waals surface area (Å²) in [4.78, 5) is 8.90. The van der Waals surface area contributed by atoms with Crippen molar-refractivity contribution >= 4 is 17.6 Å². The van der Waals surface area contributed by atoms with E-state index in [1.807, 2.05) is 6.92 Å². The minimum absolute atomic E-state index is 0.257. The van der Waals surface area contributed by atoms with E-state index in [0.717, 1.165) is 0 Å². The molecule has 0 aliphatic carbocycles. The van der Waals surface area contributed by atoms with Gasteiger partial charge in [-0.05, 0) is 12.1 Å². The van der Waals surface area contributed by atoms with Crippen molar-refractivity contribution in [1.29, 1.82) is 0 Å². The molecule has 88 valence electrons. The second-order valence-corrected chi connectivity index (χ2v) is 4.50. The van der Waals surface area contributed by atoms with E-state index in [-0.39, 0.29) is 5.82 Å². The number of aromatic nitrogens is 2. The maximum Gasteiger partial charge on any atom is 0.137 e. The van der Waals surface area contributed by atoms with Crippen LogP contribution in [0.1, 0.15) is 12.7 Å². The van der Waals surface area contributed by atoms with E-state index in [4.69, 9.17) is 5.73 Å². The fourth-order valence-electron chi connectivity index (χ4n) is 1.34. The quantitative estimate of drug-likeness (QED) is 0.850. The summed E-state index contributed by atoms with van der Waals surface area (Å²) < 4.78 is 13.5. The van der Waals surface area contributed by atoms with Crippen LogP contribution in [0.2, 0.25) is 0 Å². The van der Waals surface area contributed by atoms with Gasteiger partial charge in [0, 0.05) is 17.4 Å². The van der Waals surface area contributed by atoms with Crippen LogP contribution in [0, 0.1) is 5.82 Å². The van der Waals surface area contributed by atoms with E-state index in [0.29, 0.717) is 28.0 Å². The monoisotopic (exact) mass is 249 g/mol. The lowest BCUT2D eigenvalue weighted by molar-refractivity contribution is 0.602. The third-order valence-corrected chi connectivity index (χ3v) is 3.11. The Morgan fingerprint density at radius 1 is 1.29 bits per heavy atom. The molecule has 0 aliphatic rings. The van der Waals surface area contributed by atoms with E-state index in [2.05, 4.69) is 9.97 Å². The number of halogens is 1. The molecule has 0 fully saturated rings. The number of hydrogen-bond donors (Lipinski definition) is 1. The van der Waals surface area contributed by atoms with Crippen LogP contribution in [0.3, 0.4) is 0 Å². The number of nitrogens with zero attached hydrogens (tertiary/aromatic N) is 2. The van der Waals surface area contributed by atoms with Crippen LogP contribution >= 0.6 is 11.8 Å². The predicted octanol–water partition coefficient (Wildman–Crippen LogP) is 2.91. The van der Waals surface area contributed by atoms with Gasteiger partial charge in [-0.15, -0.1) is 0 Å². The zero-order valence-corrected chi connectivity index (χ0v) is 10.2. The average Bonchev–Trinajstić information content (AvgIpc) is 2.31. The molecule has 0 radical (unpaired) electrons. The number of nitrogen functional groups attached to an aromatic ring is 1. The van der Waals surface area contributed by atoms with Crippen LogP contribution in [-0.4, -0.2) is 9.97 Å². The normalized spacial score (nSPS) is 10.5. The topological polar surface area (TPSA) is 51.8 Å². The van der Waals surface area contributed by atoms with Gasteiger partial charge >= 0.3 is 0 Å². The van der Waals surface area contributed by atoms with Crippen molar-refractivity contribution in [2.24, 2.45) is 0 Å². The Bertz CT molecular complexity index is 531. The van der Waals surface area contributed by atoms with Gasteiger partial charge in [-0.3, -0.25) is 0 Å². The number of anilines is 1. The first-order valence-electron chi connectivity index (χ1n) is 5.25. The fraction of sp³-hybridized carbons (Fsp3) is 0.167. The molecule has 0 saturated heterocycles. The van der Waals surface area contributed by atoms with Crippen LogP contribution in [0.25, 0.3) is 0 Å². The van der Waals surface area contributed by atoms with Crippen molar-refractivity contribution in [1.82, 2.24) is 9.97 Å². The lowest BCUT2D eigenvalue weighted by atomic mass is 10.3. The summed E-state index contributed by atoms with van der Waals surface area (Å²) in [5.41, 5.74) is 5.67. The first kappa shape index (κ1) is 11.9. The molecule has 2 rings (SSSR count). The lowest BCUT2D eigenvalue weighted by Gasteiger charge is -2.04. The molecule has 1 aromatic heterocycles. The number of nitrogens with two attached hydrogens (primary N) is 1. The largest absolute Gasteiger partial charge is 0.384 e. The molecule has 0 saturated carbocycles. The van der Waals surface area contributed by atoms with Gasteiger partial charge in [-0.25, -0.2) is 14.4 Å². The SMILES string of the molecule is CCc1nc(N)cc(Sc2ccccc2F)n1. The Morgan fingerprint density at radius 3 is 2.76 bits per heavy atom. The van der Waals surface area contributed by atoms with Gasteiger partial charge in [-0.2, -0.15) is 0 Å². The van der Waals surface area contributed by atoms with E-state index in [1.165, 1.54) is 17.8 Å². The molecule has 3 nitrogen and oxygen atoms in total. The van der Waals surface area contributed by atoms with Gasteiger partial charge < -0.3 is 5.73 Å². The molecule has 0 unspecified atom stereocenters. The van der Waals surface area contributed by atoms with Crippen LogP contribution in [-0.2, 0) is 6.42 Å². The lowest BCUT2D eigenvalue weighted by Crippen LogP contribution is -1.99. The van der Waals surface area contributed by atoms with Gasteiger partial charge in [0.05, 0.1) is 0 Å². The molecule has 2 aromatic rings. The van der Waals surface area contributed by atoms with Crippen molar-refractivity contribution in [2.45, 2.75) is 23.3 Å². The third kappa shape index (κ3) is 2.94. The third-order valence-electron chi connectivity index (χ3n) is 2.14. The second kappa shape index (κ2) is 5.14. The minimum Gasteiger partial charge on any atom is -0.384 e. The highest BCUT2D eigenvalue weighted by atomic mass is 32.2. The summed E-state index contributed by atoms with van der Waals surface area (Å²) in [5.74, 6) is 0.826. The average molecular weight is 249 g/mol. The number of rotatable bonds is 3. The zero-order valence-electron chi connectivity index (χ0n) is 9.35. The Morgan fingerprint density at radius 2 is 2.06 bits per heavy atom. The van der Waals surface area contributed by atoms with Gasteiger partial charge in [0.2, 0.25) is 0 Å². The molecule has 0 bridgehead atoms. The van der Waals surface area contributed by atoms with Crippen LogP contribution in [0.5, 0.6) is 0 Å². The molecule has 0 spiro atoms. The highest BCUT2D eigenvalue weighted by molar-refractivity contribution is 7.99. The van der Waals surface area contributed by atoms with Gasteiger partial charge in [-0.1, -0.05) is 30.8 Å². The van der Waals surface area contributed by atoms with Crippen molar-refractivity contribution in [2.75, 3.05) is 5.73 Å². The van der Waals surface area contributed by atoms with Gasteiger partial charge in [0.25, 0.3) is 0 Å². The van der Waals surface area contributed by atoms with Gasteiger partial charge in [0.1, 0.15) is 22.5 Å². The number of hydrogen-bond acceptors (Lipinski definition) is 4. The van der Waals surface area contributed by atoms with E-state index >= 15 is 0 Å². The van der Waals surface area contributed by atoms with E-state index in [1.54, 1.807) is 24.3 Å². The van der Waals surface area contributed by atoms with Crippen molar-refractivity contribution < 1.29 is 4.39 Å². The fourth-order valence-corrected chi connectivity index (χ4v) is 2.21. The molecule has 0 amide bonds. The van der Waals surface area contributed by atoms with E-state index in [9.17, 15) is 4.39 Å². The van der Waals surface area contributed by atoms with Crippen molar-refractivity contribution in [3.8, 4) is 0 Å². The molecular weight excluding hydrogens is 237 g/mol.